The number of fused-ring (bicyclic) bond motifs is 1. The first-order valence-corrected chi connectivity index (χ1v) is 5.62. The van der Waals surface area contributed by atoms with Crippen molar-refractivity contribution < 1.29 is 14.3 Å². The van der Waals surface area contributed by atoms with E-state index in [2.05, 4.69) is 9.97 Å². The second-order valence-electron chi connectivity index (χ2n) is 4.10. The molecule has 3 aromatic rings. The van der Waals surface area contributed by atoms with Crippen molar-refractivity contribution in [3.8, 4) is 11.1 Å². The Hall–Kier alpha value is -2.69. The van der Waals surface area contributed by atoms with Gasteiger partial charge in [0.15, 0.2) is 0 Å². The van der Waals surface area contributed by atoms with Gasteiger partial charge < -0.3 is 10.1 Å². The van der Waals surface area contributed by atoms with Crippen LogP contribution in [0, 0.1) is 5.82 Å². The van der Waals surface area contributed by atoms with E-state index in [1.807, 2.05) is 6.07 Å². The summed E-state index contributed by atoms with van der Waals surface area (Å²) in [6.45, 7) is 0. The Labute approximate surface area is 107 Å². The highest BCUT2D eigenvalue weighted by atomic mass is 19.1. The summed E-state index contributed by atoms with van der Waals surface area (Å²) in [5, 5.41) is 9.82. The van der Waals surface area contributed by atoms with E-state index in [9.17, 15) is 9.18 Å². The van der Waals surface area contributed by atoms with Crippen molar-refractivity contribution >= 4 is 17.0 Å². The molecule has 2 aromatic heterocycles. The predicted octanol–water partition coefficient (Wildman–Crippen LogP) is 3.07. The average molecular weight is 256 g/mol. The highest BCUT2D eigenvalue weighted by Gasteiger charge is 2.13. The Morgan fingerprint density at radius 1 is 1.26 bits per heavy atom. The number of carboxylic acid groups (broad SMARTS) is 1. The number of carboxylic acids is 1. The summed E-state index contributed by atoms with van der Waals surface area (Å²) in [6, 6.07) is 7.68. The van der Waals surface area contributed by atoms with Crippen LogP contribution in [0.25, 0.3) is 22.2 Å². The van der Waals surface area contributed by atoms with Gasteiger partial charge in [-0.25, -0.2) is 14.2 Å². The number of hydrogen-bond donors (Lipinski definition) is 2. The first-order chi connectivity index (χ1) is 9.16. The third-order valence-electron chi connectivity index (χ3n) is 2.97. The lowest BCUT2D eigenvalue weighted by atomic mass is 10.0. The number of nitrogens with one attached hydrogen (secondary N) is 1. The highest BCUT2D eigenvalue weighted by Crippen LogP contribution is 2.28. The van der Waals surface area contributed by atoms with Crippen molar-refractivity contribution in [3.63, 3.8) is 0 Å². The summed E-state index contributed by atoms with van der Waals surface area (Å²) < 4.78 is 13.4. The summed E-state index contributed by atoms with van der Waals surface area (Å²) in [7, 11) is 0. The van der Waals surface area contributed by atoms with E-state index in [-0.39, 0.29) is 5.56 Å². The van der Waals surface area contributed by atoms with E-state index in [0.717, 1.165) is 17.0 Å². The number of pyridine rings is 1. The largest absolute Gasteiger partial charge is 0.478 e. The van der Waals surface area contributed by atoms with Gasteiger partial charge in [0.05, 0.1) is 5.56 Å². The SMILES string of the molecule is O=C(O)c1cc(-c2ccnc3[nH]ccc23)ccc1F. The van der Waals surface area contributed by atoms with Gasteiger partial charge in [0.25, 0.3) is 0 Å². The molecule has 0 fully saturated rings. The van der Waals surface area contributed by atoms with E-state index in [1.165, 1.54) is 6.07 Å². The maximum absolute atomic E-state index is 13.4. The number of nitrogens with zero attached hydrogens (tertiary/aromatic N) is 1. The molecule has 0 unspecified atom stereocenters. The van der Waals surface area contributed by atoms with Gasteiger partial charge in [-0.2, -0.15) is 0 Å². The Kier molecular flexibility index (Phi) is 2.52. The molecule has 0 aliphatic carbocycles. The van der Waals surface area contributed by atoms with Gasteiger partial charge in [0.2, 0.25) is 0 Å². The number of aromatic nitrogens is 2. The normalized spacial score (nSPS) is 10.8. The third-order valence-corrected chi connectivity index (χ3v) is 2.97. The zero-order valence-corrected chi connectivity index (χ0v) is 9.72. The van der Waals surface area contributed by atoms with Crippen molar-refractivity contribution in [2.45, 2.75) is 0 Å². The molecule has 5 heteroatoms. The van der Waals surface area contributed by atoms with Crippen LogP contribution in [-0.2, 0) is 0 Å². The van der Waals surface area contributed by atoms with Gasteiger partial charge in [-0.1, -0.05) is 6.07 Å². The highest BCUT2D eigenvalue weighted by molar-refractivity contribution is 5.95. The number of halogens is 1. The molecule has 1 aromatic carbocycles. The Balaban J connectivity index is 2.24. The number of H-pyrrole nitrogens is 1. The number of benzene rings is 1. The summed E-state index contributed by atoms with van der Waals surface area (Å²) >= 11 is 0. The van der Waals surface area contributed by atoms with Crippen molar-refractivity contribution in [1.29, 1.82) is 0 Å². The maximum atomic E-state index is 13.4. The van der Waals surface area contributed by atoms with Gasteiger partial charge in [0.1, 0.15) is 11.5 Å². The number of rotatable bonds is 2. The van der Waals surface area contributed by atoms with E-state index in [0.29, 0.717) is 11.2 Å². The predicted molar refractivity (Wildman–Crippen MR) is 68.4 cm³/mol. The Morgan fingerprint density at radius 3 is 2.89 bits per heavy atom. The van der Waals surface area contributed by atoms with E-state index >= 15 is 0 Å². The summed E-state index contributed by atoms with van der Waals surface area (Å²) in [5.74, 6) is -2.02. The minimum atomic E-state index is -1.28. The van der Waals surface area contributed by atoms with Crippen LogP contribution < -0.4 is 0 Å². The minimum absolute atomic E-state index is 0.335. The summed E-state index contributed by atoms with van der Waals surface area (Å²) in [6.07, 6.45) is 3.38. The second-order valence-corrected chi connectivity index (χ2v) is 4.10. The Morgan fingerprint density at radius 2 is 2.11 bits per heavy atom. The van der Waals surface area contributed by atoms with Crippen LogP contribution in [0.2, 0.25) is 0 Å². The number of aromatic carboxylic acids is 1. The quantitative estimate of drug-likeness (QED) is 0.740. The molecule has 2 heterocycles. The van der Waals surface area contributed by atoms with Crippen LogP contribution in [0.1, 0.15) is 10.4 Å². The van der Waals surface area contributed by atoms with Gasteiger partial charge in [-0.3, -0.25) is 0 Å². The molecule has 0 saturated heterocycles. The van der Waals surface area contributed by atoms with Crippen molar-refractivity contribution in [2.75, 3.05) is 0 Å². The summed E-state index contributed by atoms with van der Waals surface area (Å²) in [4.78, 5) is 18.1. The van der Waals surface area contributed by atoms with Crippen molar-refractivity contribution in [2.24, 2.45) is 0 Å². The van der Waals surface area contributed by atoms with Gasteiger partial charge in [-0.15, -0.1) is 0 Å². The first kappa shape index (κ1) is 11.4. The van der Waals surface area contributed by atoms with Crippen molar-refractivity contribution in [1.82, 2.24) is 9.97 Å². The van der Waals surface area contributed by atoms with E-state index < -0.39 is 11.8 Å². The molecule has 0 amide bonds. The smallest absolute Gasteiger partial charge is 0.338 e. The molecule has 2 N–H and O–H groups in total. The van der Waals surface area contributed by atoms with E-state index in [1.54, 1.807) is 24.5 Å². The standard InChI is InChI=1S/C14H9FN2O2/c15-12-2-1-8(7-11(12)14(18)19)9-3-5-16-13-10(9)4-6-17-13/h1-7H,(H,16,17)(H,18,19). The van der Waals surface area contributed by atoms with Crippen LogP contribution in [0.3, 0.4) is 0 Å². The van der Waals surface area contributed by atoms with E-state index in [4.69, 9.17) is 5.11 Å². The molecule has 0 bridgehead atoms. The van der Waals surface area contributed by atoms with Crippen LogP contribution in [0.5, 0.6) is 0 Å². The fourth-order valence-corrected chi connectivity index (χ4v) is 2.07. The van der Waals surface area contributed by atoms with Crippen LogP contribution >= 0.6 is 0 Å². The second kappa shape index (κ2) is 4.20. The molecule has 94 valence electrons. The van der Waals surface area contributed by atoms with Crippen LogP contribution in [0.15, 0.2) is 42.7 Å². The van der Waals surface area contributed by atoms with Gasteiger partial charge >= 0.3 is 5.97 Å². The molecule has 19 heavy (non-hydrogen) atoms. The molecule has 0 radical (unpaired) electrons. The lowest BCUT2D eigenvalue weighted by molar-refractivity contribution is 0.0692. The number of carbonyl (C=O) groups is 1. The molecule has 0 spiro atoms. The molecule has 4 nitrogen and oxygen atoms in total. The molecule has 0 aliphatic heterocycles. The Bertz CT molecular complexity index is 780. The lowest BCUT2D eigenvalue weighted by Gasteiger charge is -2.05. The topological polar surface area (TPSA) is 66.0 Å². The third kappa shape index (κ3) is 1.85. The molecule has 0 saturated carbocycles. The number of aromatic amines is 1. The fraction of sp³-hybridized carbons (Fsp3) is 0. The van der Waals surface area contributed by atoms with Crippen LogP contribution in [-0.4, -0.2) is 21.0 Å². The monoisotopic (exact) mass is 256 g/mol. The molecule has 0 atom stereocenters. The van der Waals surface area contributed by atoms with Gasteiger partial charge in [-0.05, 0) is 35.4 Å². The van der Waals surface area contributed by atoms with Crippen LogP contribution in [0.4, 0.5) is 4.39 Å². The average Bonchev–Trinajstić information content (AvgIpc) is 2.87. The zero-order valence-electron chi connectivity index (χ0n) is 9.72. The minimum Gasteiger partial charge on any atom is -0.478 e. The molecule has 0 aliphatic rings. The maximum Gasteiger partial charge on any atom is 0.338 e. The van der Waals surface area contributed by atoms with Gasteiger partial charge in [0, 0.05) is 17.8 Å². The summed E-state index contributed by atoms with van der Waals surface area (Å²) in [5.41, 5.74) is 1.83. The first-order valence-electron chi connectivity index (χ1n) is 5.62. The zero-order chi connectivity index (χ0) is 13.4. The molecular formula is C14H9FN2O2. The fourth-order valence-electron chi connectivity index (χ4n) is 2.07. The molecular weight excluding hydrogens is 247 g/mol. The molecule has 3 rings (SSSR count). The van der Waals surface area contributed by atoms with Crippen molar-refractivity contribution in [3.05, 3.63) is 54.1 Å². The number of hydrogen-bond acceptors (Lipinski definition) is 2. The lowest BCUT2D eigenvalue weighted by Crippen LogP contribution is -2.00.